The molecule has 3 aromatic rings. The number of amides is 1. The summed E-state index contributed by atoms with van der Waals surface area (Å²) in [7, 11) is 1.42. The average Bonchev–Trinajstić information content (AvgIpc) is 3.07. The Bertz CT molecular complexity index is 1030. The maximum absolute atomic E-state index is 12.4. The van der Waals surface area contributed by atoms with Gasteiger partial charge in [-0.2, -0.15) is 0 Å². The number of methoxy groups -OCH3 is 1. The molecule has 0 fully saturated rings. The van der Waals surface area contributed by atoms with Gasteiger partial charge in [0.2, 0.25) is 11.3 Å². The fraction of sp³-hybridized carbons (Fsp3) is 0.211. The fourth-order valence-electron chi connectivity index (χ4n) is 2.47. The highest BCUT2D eigenvalue weighted by molar-refractivity contribution is 7.98. The van der Waals surface area contributed by atoms with Gasteiger partial charge in [-0.1, -0.05) is 16.8 Å². The Balaban J connectivity index is 1.78. The lowest BCUT2D eigenvalue weighted by Crippen LogP contribution is -2.22. The summed E-state index contributed by atoms with van der Waals surface area (Å²) in [4.78, 5) is 25.6. The molecule has 2 aromatic heterocycles. The van der Waals surface area contributed by atoms with E-state index in [4.69, 9.17) is 20.9 Å². The molecule has 1 aromatic carbocycles. The third-order valence-electron chi connectivity index (χ3n) is 3.81. The van der Waals surface area contributed by atoms with Crippen LogP contribution in [0.15, 0.2) is 56.8 Å². The highest BCUT2D eigenvalue weighted by atomic mass is 35.5. The van der Waals surface area contributed by atoms with Crippen LogP contribution in [-0.4, -0.2) is 22.7 Å². The first-order valence-corrected chi connectivity index (χ1v) is 9.70. The molecule has 0 aliphatic carbocycles. The van der Waals surface area contributed by atoms with Gasteiger partial charge in [0.05, 0.1) is 13.3 Å². The van der Waals surface area contributed by atoms with Crippen LogP contribution in [0.25, 0.3) is 0 Å². The fourth-order valence-corrected chi connectivity index (χ4v) is 3.49. The lowest BCUT2D eigenvalue weighted by atomic mass is 10.3. The van der Waals surface area contributed by atoms with Gasteiger partial charge >= 0.3 is 0 Å². The average molecular weight is 420 g/mol. The Kier molecular flexibility index (Phi) is 6.43. The number of rotatable bonds is 7. The topological polar surface area (TPSA) is 86.4 Å². The van der Waals surface area contributed by atoms with Gasteiger partial charge in [-0.05, 0) is 31.2 Å². The van der Waals surface area contributed by atoms with Gasteiger partial charge in [-0.25, -0.2) is 0 Å². The molecule has 0 spiro atoms. The number of aryl methyl sites for hydroxylation is 1. The van der Waals surface area contributed by atoms with E-state index in [9.17, 15) is 9.59 Å². The van der Waals surface area contributed by atoms with Crippen LogP contribution in [-0.2, 0) is 17.1 Å². The molecule has 0 radical (unpaired) electrons. The van der Waals surface area contributed by atoms with Crippen LogP contribution in [0.3, 0.4) is 0 Å². The highest BCUT2D eigenvalue weighted by Gasteiger charge is 2.12. The predicted octanol–water partition coefficient (Wildman–Crippen LogP) is 3.74. The van der Waals surface area contributed by atoms with Crippen LogP contribution >= 0.6 is 23.4 Å². The molecule has 28 heavy (non-hydrogen) atoms. The van der Waals surface area contributed by atoms with Crippen LogP contribution in [0.1, 0.15) is 11.5 Å². The van der Waals surface area contributed by atoms with Crippen molar-refractivity contribution in [2.75, 3.05) is 12.4 Å². The Morgan fingerprint density at radius 2 is 2.07 bits per heavy atom. The van der Waals surface area contributed by atoms with Crippen molar-refractivity contribution >= 4 is 35.1 Å². The molecule has 0 unspecified atom stereocenters. The number of thioether (sulfide) groups is 1. The Morgan fingerprint density at radius 3 is 2.71 bits per heavy atom. The molecule has 0 atom stereocenters. The van der Waals surface area contributed by atoms with E-state index in [1.807, 2.05) is 12.1 Å². The number of pyridine rings is 1. The standard InChI is InChI=1S/C19H18ClN3O4S/c1-12-7-18(22-27-12)21-19(25)10-23-9-17(26-2)16(24)8-14(23)11-28-15-5-3-13(20)4-6-15/h3-9H,10-11H2,1-2H3,(H,21,22,25). The van der Waals surface area contributed by atoms with Crippen molar-refractivity contribution in [2.45, 2.75) is 24.1 Å². The monoisotopic (exact) mass is 419 g/mol. The first kappa shape index (κ1) is 20.0. The van der Waals surface area contributed by atoms with Crippen LogP contribution < -0.4 is 15.5 Å². The molecule has 1 amide bonds. The summed E-state index contributed by atoms with van der Waals surface area (Å²) in [5, 5.41) is 7.07. The first-order valence-electron chi connectivity index (χ1n) is 8.33. The maximum Gasteiger partial charge on any atom is 0.245 e. The second kappa shape index (κ2) is 8.99. The van der Waals surface area contributed by atoms with Gasteiger partial charge in [0.15, 0.2) is 11.6 Å². The maximum atomic E-state index is 12.4. The zero-order valence-corrected chi connectivity index (χ0v) is 16.8. The molecule has 3 rings (SSSR count). The van der Waals surface area contributed by atoms with Crippen molar-refractivity contribution in [3.8, 4) is 5.75 Å². The summed E-state index contributed by atoms with van der Waals surface area (Å²) in [6, 6.07) is 10.5. The summed E-state index contributed by atoms with van der Waals surface area (Å²) in [5.41, 5.74) is 0.454. The van der Waals surface area contributed by atoms with E-state index in [-0.39, 0.29) is 23.6 Å². The second-order valence-electron chi connectivity index (χ2n) is 5.94. The smallest absolute Gasteiger partial charge is 0.245 e. The molecule has 7 nitrogen and oxygen atoms in total. The Labute approximate surface area is 170 Å². The predicted molar refractivity (Wildman–Crippen MR) is 108 cm³/mol. The number of benzene rings is 1. The van der Waals surface area contributed by atoms with Crippen molar-refractivity contribution in [1.29, 1.82) is 0 Å². The van der Waals surface area contributed by atoms with Gasteiger partial charge < -0.3 is 19.1 Å². The Morgan fingerprint density at radius 1 is 1.32 bits per heavy atom. The summed E-state index contributed by atoms with van der Waals surface area (Å²) in [5.74, 6) is 1.31. The Hall–Kier alpha value is -2.71. The van der Waals surface area contributed by atoms with Gasteiger partial charge in [0.1, 0.15) is 12.3 Å². The zero-order valence-electron chi connectivity index (χ0n) is 15.3. The minimum absolute atomic E-state index is 0.000934. The summed E-state index contributed by atoms with van der Waals surface area (Å²) in [6.07, 6.45) is 1.54. The van der Waals surface area contributed by atoms with E-state index in [1.54, 1.807) is 29.7 Å². The quantitative estimate of drug-likeness (QED) is 0.587. The molecule has 0 aliphatic rings. The zero-order chi connectivity index (χ0) is 20.1. The number of hydrogen-bond donors (Lipinski definition) is 1. The molecule has 2 heterocycles. The molecule has 1 N–H and O–H groups in total. The van der Waals surface area contributed by atoms with E-state index >= 15 is 0 Å². The molecule has 9 heteroatoms. The van der Waals surface area contributed by atoms with Crippen molar-refractivity contribution in [3.63, 3.8) is 0 Å². The number of aromatic nitrogens is 2. The number of carbonyl (C=O) groups is 1. The molecule has 0 saturated heterocycles. The second-order valence-corrected chi connectivity index (χ2v) is 7.42. The van der Waals surface area contributed by atoms with E-state index in [0.717, 1.165) is 4.90 Å². The van der Waals surface area contributed by atoms with Crippen molar-refractivity contribution in [3.05, 3.63) is 69.3 Å². The van der Waals surface area contributed by atoms with Crippen molar-refractivity contribution in [2.24, 2.45) is 0 Å². The van der Waals surface area contributed by atoms with Gasteiger partial charge in [0.25, 0.3) is 0 Å². The van der Waals surface area contributed by atoms with Crippen LogP contribution in [0.2, 0.25) is 5.02 Å². The molecule has 146 valence electrons. The summed E-state index contributed by atoms with van der Waals surface area (Å²) < 4.78 is 11.7. The third-order valence-corrected chi connectivity index (χ3v) is 5.11. The minimum atomic E-state index is -0.295. The number of hydrogen-bond acceptors (Lipinski definition) is 6. The summed E-state index contributed by atoms with van der Waals surface area (Å²) >= 11 is 7.44. The number of carbonyl (C=O) groups excluding carboxylic acids is 1. The van der Waals surface area contributed by atoms with Gasteiger partial charge in [-0.15, -0.1) is 11.8 Å². The van der Waals surface area contributed by atoms with Crippen LogP contribution in [0.5, 0.6) is 5.75 Å². The van der Waals surface area contributed by atoms with Crippen LogP contribution in [0.4, 0.5) is 5.82 Å². The molecule has 0 bridgehead atoms. The lowest BCUT2D eigenvalue weighted by molar-refractivity contribution is -0.116. The van der Waals surface area contributed by atoms with E-state index in [1.165, 1.54) is 31.1 Å². The lowest BCUT2D eigenvalue weighted by Gasteiger charge is -2.14. The van der Waals surface area contributed by atoms with E-state index in [2.05, 4.69) is 10.5 Å². The third kappa shape index (κ3) is 5.17. The number of anilines is 1. The molecular weight excluding hydrogens is 402 g/mol. The van der Waals surface area contributed by atoms with Crippen molar-refractivity contribution in [1.82, 2.24) is 9.72 Å². The van der Waals surface area contributed by atoms with Gasteiger partial charge in [-0.3, -0.25) is 9.59 Å². The number of ether oxygens (including phenoxy) is 1. The first-order chi connectivity index (χ1) is 13.4. The molecule has 0 aliphatic heterocycles. The van der Waals surface area contributed by atoms with E-state index in [0.29, 0.717) is 28.0 Å². The SMILES string of the molecule is COc1cn(CC(=O)Nc2cc(C)on2)c(CSc2ccc(Cl)cc2)cc1=O. The summed E-state index contributed by atoms with van der Waals surface area (Å²) in [6.45, 7) is 1.74. The normalized spacial score (nSPS) is 10.7. The van der Waals surface area contributed by atoms with E-state index < -0.39 is 0 Å². The number of nitrogens with one attached hydrogen (secondary N) is 1. The van der Waals surface area contributed by atoms with Crippen LogP contribution in [0, 0.1) is 6.92 Å². The highest BCUT2D eigenvalue weighted by Crippen LogP contribution is 2.24. The molecule has 0 saturated carbocycles. The van der Waals surface area contributed by atoms with Gasteiger partial charge in [0, 0.05) is 33.5 Å². The molecular formula is C19H18ClN3O4S. The van der Waals surface area contributed by atoms with Crippen molar-refractivity contribution < 1.29 is 14.1 Å². The largest absolute Gasteiger partial charge is 0.491 e. The number of nitrogens with zero attached hydrogens (tertiary/aromatic N) is 2. The number of halogens is 1. The minimum Gasteiger partial charge on any atom is -0.491 e.